The number of nitrogen functional groups attached to an aromatic ring is 1. The second-order valence-corrected chi connectivity index (χ2v) is 5.19. The van der Waals surface area contributed by atoms with E-state index in [0.717, 1.165) is 16.3 Å². The molecular weight excluding hydrogens is 260 g/mol. The number of anilines is 1. The second-order valence-electron chi connectivity index (χ2n) is 4.18. The molecule has 2 heterocycles. The molecule has 19 heavy (non-hydrogen) atoms. The summed E-state index contributed by atoms with van der Waals surface area (Å²) in [5.74, 6) is -0.574. The molecule has 0 radical (unpaired) electrons. The molecule has 2 aromatic rings. The number of carbonyl (C=O) groups is 1. The number of hydrogen-bond donors (Lipinski definition) is 2. The van der Waals surface area contributed by atoms with Gasteiger partial charge in [-0.2, -0.15) is 0 Å². The minimum Gasteiger partial charge on any atom is -0.397 e. The summed E-state index contributed by atoms with van der Waals surface area (Å²) in [4.78, 5) is 19.7. The van der Waals surface area contributed by atoms with Crippen LogP contribution in [0, 0.1) is 13.8 Å². The quantitative estimate of drug-likeness (QED) is 0.891. The summed E-state index contributed by atoms with van der Waals surface area (Å²) in [6.07, 6.45) is 0. The molecule has 0 unspecified atom stereocenters. The van der Waals surface area contributed by atoms with Gasteiger partial charge in [0.05, 0.1) is 5.69 Å². The highest BCUT2D eigenvalue weighted by atomic mass is 32.2. The number of amides is 1. The highest BCUT2D eigenvalue weighted by Crippen LogP contribution is 2.29. The van der Waals surface area contributed by atoms with E-state index in [4.69, 9.17) is 11.5 Å². The van der Waals surface area contributed by atoms with Crippen LogP contribution >= 0.6 is 11.8 Å². The van der Waals surface area contributed by atoms with Gasteiger partial charge in [0.1, 0.15) is 15.7 Å². The summed E-state index contributed by atoms with van der Waals surface area (Å²) >= 11 is 1.32. The van der Waals surface area contributed by atoms with Gasteiger partial charge in [0.25, 0.3) is 5.91 Å². The molecular formula is C13H14N4OS. The van der Waals surface area contributed by atoms with Crippen LogP contribution in [-0.2, 0) is 0 Å². The van der Waals surface area contributed by atoms with E-state index < -0.39 is 5.91 Å². The minimum absolute atomic E-state index is 0.195. The van der Waals surface area contributed by atoms with Gasteiger partial charge in [-0.1, -0.05) is 0 Å². The maximum Gasteiger partial charge on any atom is 0.267 e. The molecule has 0 aliphatic heterocycles. The van der Waals surface area contributed by atoms with Crippen LogP contribution in [0.15, 0.2) is 34.3 Å². The number of carbonyl (C=O) groups excluding carboxylic acids is 1. The molecule has 5 nitrogen and oxygen atoms in total. The van der Waals surface area contributed by atoms with Crippen LogP contribution in [0.25, 0.3) is 0 Å². The van der Waals surface area contributed by atoms with Crippen molar-refractivity contribution in [2.75, 3.05) is 5.73 Å². The summed E-state index contributed by atoms with van der Waals surface area (Å²) in [7, 11) is 0. The molecule has 6 heteroatoms. The number of aromatic nitrogens is 2. The summed E-state index contributed by atoms with van der Waals surface area (Å²) in [6, 6.07) is 7.06. The first-order chi connectivity index (χ1) is 8.95. The van der Waals surface area contributed by atoms with Crippen molar-refractivity contribution in [1.29, 1.82) is 0 Å². The zero-order valence-corrected chi connectivity index (χ0v) is 11.5. The minimum atomic E-state index is -0.574. The first-order valence-electron chi connectivity index (χ1n) is 5.65. The van der Waals surface area contributed by atoms with Crippen molar-refractivity contribution in [3.8, 4) is 0 Å². The van der Waals surface area contributed by atoms with Crippen LogP contribution < -0.4 is 11.5 Å². The van der Waals surface area contributed by atoms with Crippen LogP contribution in [0.1, 0.15) is 21.7 Å². The Balaban J connectivity index is 2.37. The fourth-order valence-corrected chi connectivity index (χ4v) is 2.59. The summed E-state index contributed by atoms with van der Waals surface area (Å²) < 4.78 is 0. The zero-order chi connectivity index (χ0) is 14.0. The topological polar surface area (TPSA) is 94.9 Å². The molecule has 0 bridgehead atoms. The maximum atomic E-state index is 11.1. The van der Waals surface area contributed by atoms with Crippen molar-refractivity contribution in [2.24, 2.45) is 5.73 Å². The smallest absolute Gasteiger partial charge is 0.267 e. The molecule has 0 spiro atoms. The second kappa shape index (κ2) is 5.27. The summed E-state index contributed by atoms with van der Waals surface area (Å²) in [6.45, 7) is 3.92. The molecule has 0 saturated heterocycles. The van der Waals surface area contributed by atoms with Crippen LogP contribution in [0.2, 0.25) is 0 Å². The third-order valence-electron chi connectivity index (χ3n) is 2.42. The van der Waals surface area contributed by atoms with Crippen LogP contribution in [0.3, 0.4) is 0 Å². The third-order valence-corrected chi connectivity index (χ3v) is 3.36. The Hall–Kier alpha value is -2.08. The average Bonchev–Trinajstić information content (AvgIpc) is 2.30. The number of rotatable bonds is 3. The lowest BCUT2D eigenvalue weighted by molar-refractivity contribution is 0.0995. The van der Waals surface area contributed by atoms with E-state index in [1.165, 1.54) is 17.8 Å². The number of primary amides is 1. The number of nitrogens with two attached hydrogens (primary N) is 2. The Morgan fingerprint density at radius 3 is 2.58 bits per heavy atom. The molecule has 0 fully saturated rings. The maximum absolute atomic E-state index is 11.1. The third kappa shape index (κ3) is 3.23. The normalized spacial score (nSPS) is 10.4. The Kier molecular flexibility index (Phi) is 3.71. The fraction of sp³-hybridized carbons (Fsp3) is 0.154. The van der Waals surface area contributed by atoms with Gasteiger partial charge in [-0.15, -0.1) is 0 Å². The summed E-state index contributed by atoms with van der Waals surface area (Å²) in [5.41, 5.74) is 13.8. The van der Waals surface area contributed by atoms with Crippen LogP contribution in [-0.4, -0.2) is 15.9 Å². The molecule has 98 valence electrons. The number of aryl methyl sites for hydroxylation is 2. The van der Waals surface area contributed by atoms with Gasteiger partial charge in [-0.05, 0) is 55.4 Å². The molecule has 4 N–H and O–H groups in total. The highest BCUT2D eigenvalue weighted by molar-refractivity contribution is 7.99. The average molecular weight is 274 g/mol. The van der Waals surface area contributed by atoms with Gasteiger partial charge in [0.2, 0.25) is 0 Å². The lowest BCUT2D eigenvalue weighted by Crippen LogP contribution is -2.13. The molecule has 0 saturated carbocycles. The summed E-state index contributed by atoms with van der Waals surface area (Å²) in [5, 5.41) is 1.33. The van der Waals surface area contributed by atoms with Crippen LogP contribution in [0.4, 0.5) is 5.69 Å². The van der Waals surface area contributed by atoms with Crippen molar-refractivity contribution < 1.29 is 4.79 Å². The van der Waals surface area contributed by atoms with Gasteiger partial charge >= 0.3 is 0 Å². The van der Waals surface area contributed by atoms with Gasteiger partial charge in [0.15, 0.2) is 0 Å². The first-order valence-corrected chi connectivity index (χ1v) is 6.47. The van der Waals surface area contributed by atoms with E-state index in [2.05, 4.69) is 9.97 Å². The van der Waals surface area contributed by atoms with E-state index in [1.54, 1.807) is 6.07 Å². The van der Waals surface area contributed by atoms with Gasteiger partial charge in [-0.3, -0.25) is 4.79 Å². The van der Waals surface area contributed by atoms with Gasteiger partial charge in [-0.25, -0.2) is 9.97 Å². The van der Waals surface area contributed by atoms with Crippen LogP contribution in [0.5, 0.6) is 0 Å². The Morgan fingerprint density at radius 1 is 1.21 bits per heavy atom. The van der Waals surface area contributed by atoms with E-state index in [0.29, 0.717) is 10.7 Å². The van der Waals surface area contributed by atoms with Crippen molar-refractivity contribution in [3.63, 3.8) is 0 Å². The van der Waals surface area contributed by atoms with E-state index in [-0.39, 0.29) is 5.69 Å². The molecule has 2 aromatic heterocycles. The number of pyridine rings is 2. The lowest BCUT2D eigenvalue weighted by atomic mass is 10.3. The highest BCUT2D eigenvalue weighted by Gasteiger charge is 2.10. The zero-order valence-electron chi connectivity index (χ0n) is 10.7. The Bertz CT molecular complexity index is 622. The monoisotopic (exact) mass is 274 g/mol. The van der Waals surface area contributed by atoms with E-state index in [1.807, 2.05) is 26.0 Å². The predicted octanol–water partition coefficient (Wildman–Crippen LogP) is 1.93. The van der Waals surface area contributed by atoms with E-state index in [9.17, 15) is 4.79 Å². The molecule has 2 rings (SSSR count). The first kappa shape index (κ1) is 13.4. The molecule has 1 amide bonds. The predicted molar refractivity (Wildman–Crippen MR) is 75.0 cm³/mol. The molecule has 0 aliphatic rings. The van der Waals surface area contributed by atoms with Crippen molar-refractivity contribution >= 4 is 23.4 Å². The lowest BCUT2D eigenvalue weighted by Gasteiger charge is -2.06. The number of nitrogens with zero attached hydrogens (tertiary/aromatic N) is 2. The van der Waals surface area contributed by atoms with Crippen molar-refractivity contribution in [2.45, 2.75) is 23.9 Å². The Morgan fingerprint density at radius 2 is 1.95 bits per heavy atom. The molecule has 0 atom stereocenters. The van der Waals surface area contributed by atoms with Crippen molar-refractivity contribution in [1.82, 2.24) is 9.97 Å². The molecule has 0 aliphatic carbocycles. The SMILES string of the molecule is Cc1cc(C)nc(Sc2nc(C(N)=O)ccc2N)c1. The van der Waals surface area contributed by atoms with Gasteiger partial charge in [0, 0.05) is 5.69 Å². The molecule has 0 aromatic carbocycles. The van der Waals surface area contributed by atoms with Crippen molar-refractivity contribution in [3.05, 3.63) is 41.2 Å². The van der Waals surface area contributed by atoms with E-state index >= 15 is 0 Å². The Labute approximate surface area is 115 Å². The largest absolute Gasteiger partial charge is 0.397 e. The number of hydrogen-bond acceptors (Lipinski definition) is 5. The fourth-order valence-electron chi connectivity index (χ4n) is 1.63. The standard InChI is InChI=1S/C13H14N4OS/c1-7-5-8(2)16-11(6-7)19-13-9(14)3-4-10(17-13)12(15)18/h3-6H,14H2,1-2H3,(H2,15,18). The van der Waals surface area contributed by atoms with Gasteiger partial charge < -0.3 is 11.5 Å².